The molecule has 0 aromatic carbocycles. The van der Waals surface area contributed by atoms with Crippen LogP contribution in [0.3, 0.4) is 0 Å². The highest BCUT2D eigenvalue weighted by atomic mass is 31.1. The highest BCUT2D eigenvalue weighted by Gasteiger charge is 2.00. The predicted molar refractivity (Wildman–Crippen MR) is 106 cm³/mol. The molecule has 0 saturated heterocycles. The highest BCUT2D eigenvalue weighted by molar-refractivity contribution is 7.24. The van der Waals surface area contributed by atoms with E-state index in [1.54, 1.807) is 0 Å². The van der Waals surface area contributed by atoms with E-state index in [1.165, 1.54) is 0 Å². The van der Waals surface area contributed by atoms with E-state index in [4.69, 9.17) is 28.4 Å². The van der Waals surface area contributed by atoms with Crippen molar-refractivity contribution in [2.75, 3.05) is 66.0 Å². The molecule has 0 heterocycles. The van der Waals surface area contributed by atoms with E-state index in [0.29, 0.717) is 65.8 Å². The van der Waals surface area contributed by atoms with Crippen LogP contribution in [0.15, 0.2) is 0 Å². The summed E-state index contributed by atoms with van der Waals surface area (Å²) in [5.74, 6) is 0.0134. The van der Waals surface area contributed by atoms with Gasteiger partial charge in [-0.1, -0.05) is 19.8 Å². The summed E-state index contributed by atoms with van der Waals surface area (Å²) in [6, 6.07) is 0. The van der Waals surface area contributed by atoms with Gasteiger partial charge in [0.05, 0.1) is 52.9 Å². The topological polar surface area (TPSA) is 95.5 Å². The van der Waals surface area contributed by atoms with Crippen molar-refractivity contribution in [3.8, 4) is 0 Å². The van der Waals surface area contributed by atoms with Gasteiger partial charge in [-0.15, -0.1) is 0 Å². The van der Waals surface area contributed by atoms with Crippen molar-refractivity contribution in [1.82, 2.24) is 5.32 Å². The molecule has 0 aliphatic carbocycles. The van der Waals surface area contributed by atoms with Crippen LogP contribution >= 0.6 is 9.03 Å². The molecule has 2 N–H and O–H groups in total. The molecule has 0 aromatic rings. The molecule has 0 rings (SSSR count). The van der Waals surface area contributed by atoms with Gasteiger partial charge in [0.1, 0.15) is 0 Å². The summed E-state index contributed by atoms with van der Waals surface area (Å²) >= 11 is 0. The number of hydrogen-bond donors (Lipinski definition) is 2. The van der Waals surface area contributed by atoms with Crippen LogP contribution in [0.5, 0.6) is 0 Å². The zero-order valence-electron chi connectivity index (χ0n) is 16.7. The Morgan fingerprint density at radius 2 is 1.33 bits per heavy atom. The minimum absolute atomic E-state index is 0.0134. The third-order valence-corrected chi connectivity index (χ3v) is 3.83. The normalized spacial score (nSPS) is 11.5. The predicted octanol–water partition coefficient (Wildman–Crippen LogP) is 2.05. The third-order valence-electron chi connectivity index (χ3n) is 3.50. The minimum Gasteiger partial charge on any atom is -0.379 e. The fourth-order valence-electron chi connectivity index (χ4n) is 2.09. The molecule has 0 aromatic heterocycles. The molecule has 0 aliphatic heterocycles. The van der Waals surface area contributed by atoms with Crippen LogP contribution in [0.4, 0.5) is 0 Å². The first-order chi connectivity index (χ1) is 13.3. The number of hydrogen-bond acceptors (Lipinski definition) is 7. The second-order valence-electron chi connectivity index (χ2n) is 5.90. The van der Waals surface area contributed by atoms with Crippen LogP contribution < -0.4 is 5.32 Å². The van der Waals surface area contributed by atoms with E-state index in [0.717, 1.165) is 38.7 Å². The van der Waals surface area contributed by atoms with Crippen molar-refractivity contribution in [2.45, 2.75) is 45.4 Å². The third kappa shape index (κ3) is 23.6. The molecule has 0 saturated carbocycles. The summed E-state index contributed by atoms with van der Waals surface area (Å²) in [6.45, 7) is 7.81. The van der Waals surface area contributed by atoms with E-state index in [-0.39, 0.29) is 5.91 Å². The van der Waals surface area contributed by atoms with E-state index < -0.39 is 9.03 Å². The van der Waals surface area contributed by atoms with Crippen molar-refractivity contribution in [1.29, 1.82) is 0 Å². The molecule has 0 aliphatic rings. The molecule has 0 fully saturated rings. The standard InChI is InChI=1S/C18H38NO7P/c1-2-9-22-12-14-24-16-17-25-15-13-23-11-7-18(20)19-8-5-3-4-6-10-26-27-21/h21,27H,2-17H2,1H3,(H,19,20). The molecule has 27 heavy (non-hydrogen) atoms. The summed E-state index contributed by atoms with van der Waals surface area (Å²) in [5.41, 5.74) is 0. The van der Waals surface area contributed by atoms with Gasteiger partial charge < -0.3 is 33.7 Å². The van der Waals surface area contributed by atoms with Crippen LogP contribution in [-0.2, 0) is 28.3 Å². The Bertz CT molecular complexity index is 311. The number of unbranched alkanes of at least 4 members (excludes halogenated alkanes) is 3. The van der Waals surface area contributed by atoms with Gasteiger partial charge >= 0.3 is 0 Å². The molecule has 1 atom stereocenters. The van der Waals surface area contributed by atoms with Crippen molar-refractivity contribution in [2.24, 2.45) is 0 Å². The first kappa shape index (κ1) is 26.7. The number of amides is 1. The second-order valence-corrected chi connectivity index (χ2v) is 6.37. The Kier molecular flexibility index (Phi) is 23.4. The van der Waals surface area contributed by atoms with Crippen LogP contribution in [0.1, 0.15) is 45.4 Å². The molecule has 9 heteroatoms. The summed E-state index contributed by atoms with van der Waals surface area (Å²) in [7, 11) is -0.422. The van der Waals surface area contributed by atoms with Gasteiger partial charge in [0.25, 0.3) is 0 Å². The first-order valence-corrected chi connectivity index (χ1v) is 10.7. The van der Waals surface area contributed by atoms with E-state index in [2.05, 4.69) is 12.2 Å². The summed E-state index contributed by atoms with van der Waals surface area (Å²) in [6.07, 6.45) is 5.37. The Morgan fingerprint density at radius 1 is 0.778 bits per heavy atom. The number of nitrogens with one attached hydrogen (secondary N) is 1. The fraction of sp³-hybridized carbons (Fsp3) is 0.944. The maximum Gasteiger partial charge on any atom is 0.222 e. The molecule has 0 spiro atoms. The highest BCUT2D eigenvalue weighted by Crippen LogP contribution is 2.06. The van der Waals surface area contributed by atoms with Gasteiger partial charge in [-0.05, 0) is 19.3 Å². The van der Waals surface area contributed by atoms with Gasteiger partial charge in [0.15, 0.2) is 9.03 Å². The van der Waals surface area contributed by atoms with E-state index in [1.807, 2.05) is 0 Å². The average Bonchev–Trinajstić information content (AvgIpc) is 2.67. The summed E-state index contributed by atoms with van der Waals surface area (Å²) < 4.78 is 26.3. The summed E-state index contributed by atoms with van der Waals surface area (Å²) in [4.78, 5) is 20.1. The largest absolute Gasteiger partial charge is 0.379 e. The monoisotopic (exact) mass is 411 g/mol. The van der Waals surface area contributed by atoms with Crippen LogP contribution in [0.25, 0.3) is 0 Å². The fourth-order valence-corrected chi connectivity index (χ4v) is 2.32. The molecule has 8 nitrogen and oxygen atoms in total. The van der Waals surface area contributed by atoms with Gasteiger partial charge in [0.2, 0.25) is 5.91 Å². The van der Waals surface area contributed by atoms with Gasteiger partial charge in [-0.3, -0.25) is 4.79 Å². The Labute approximate surface area is 165 Å². The molecule has 0 bridgehead atoms. The van der Waals surface area contributed by atoms with E-state index in [9.17, 15) is 4.79 Å². The molecule has 1 amide bonds. The average molecular weight is 411 g/mol. The maximum atomic E-state index is 11.6. The van der Waals surface area contributed by atoms with Crippen LogP contribution in [-0.4, -0.2) is 76.8 Å². The zero-order valence-corrected chi connectivity index (χ0v) is 17.7. The number of carbonyl (C=O) groups is 1. The van der Waals surface area contributed by atoms with Gasteiger partial charge in [0, 0.05) is 19.6 Å². The smallest absolute Gasteiger partial charge is 0.222 e. The van der Waals surface area contributed by atoms with Crippen LogP contribution in [0, 0.1) is 0 Å². The Morgan fingerprint density at radius 3 is 1.93 bits per heavy atom. The van der Waals surface area contributed by atoms with Crippen molar-refractivity contribution in [3.05, 3.63) is 0 Å². The Hall–Kier alpha value is -0.340. The lowest BCUT2D eigenvalue weighted by Gasteiger charge is -2.08. The lowest BCUT2D eigenvalue weighted by molar-refractivity contribution is -0.122. The maximum absolute atomic E-state index is 11.6. The number of rotatable bonds is 22. The van der Waals surface area contributed by atoms with E-state index >= 15 is 0 Å². The van der Waals surface area contributed by atoms with Gasteiger partial charge in [-0.25, -0.2) is 0 Å². The van der Waals surface area contributed by atoms with Crippen molar-refractivity contribution in [3.63, 3.8) is 0 Å². The minimum atomic E-state index is -0.422. The molecule has 1 unspecified atom stereocenters. The Balaban J connectivity index is 3.12. The van der Waals surface area contributed by atoms with Crippen molar-refractivity contribution < 1.29 is 33.2 Å². The van der Waals surface area contributed by atoms with Gasteiger partial charge in [-0.2, -0.15) is 0 Å². The number of carbonyl (C=O) groups excluding carboxylic acids is 1. The molecular formula is C18H38NO7P. The zero-order chi connectivity index (χ0) is 19.8. The second kappa shape index (κ2) is 23.7. The first-order valence-electron chi connectivity index (χ1n) is 9.89. The lowest BCUT2D eigenvalue weighted by atomic mass is 10.2. The molecular weight excluding hydrogens is 373 g/mol. The van der Waals surface area contributed by atoms with Crippen molar-refractivity contribution >= 4 is 14.9 Å². The number of ether oxygens (including phenoxy) is 4. The molecule has 162 valence electrons. The SMILES string of the molecule is CCCOCCOCCOCCOCCC(=O)NCCCCCCOPO. The van der Waals surface area contributed by atoms with Crippen LogP contribution in [0.2, 0.25) is 0 Å². The quantitative estimate of drug-likeness (QED) is 0.208. The summed E-state index contributed by atoms with van der Waals surface area (Å²) in [5, 5.41) is 2.88. The molecule has 0 radical (unpaired) electrons. The lowest BCUT2D eigenvalue weighted by Crippen LogP contribution is -2.25.